The van der Waals surface area contributed by atoms with Crippen molar-refractivity contribution in [2.75, 3.05) is 25.6 Å². The number of amides is 1. The molecular formula is C26H25NO5. The second kappa shape index (κ2) is 9.92. The number of ether oxygens (including phenoxy) is 4. The van der Waals surface area contributed by atoms with Crippen LogP contribution in [0.3, 0.4) is 0 Å². The van der Waals surface area contributed by atoms with Crippen molar-refractivity contribution in [3.8, 4) is 23.0 Å². The Morgan fingerprint density at radius 2 is 1.81 bits per heavy atom. The summed E-state index contributed by atoms with van der Waals surface area (Å²) in [7, 11) is 1.60. The first-order chi connectivity index (χ1) is 15.6. The van der Waals surface area contributed by atoms with Crippen LogP contribution in [-0.4, -0.2) is 26.2 Å². The molecule has 0 aromatic heterocycles. The van der Waals surface area contributed by atoms with Crippen LogP contribution in [0.1, 0.15) is 16.7 Å². The zero-order valence-corrected chi connectivity index (χ0v) is 18.1. The standard InChI is InChI=1S/C26H25NO5/c1-18-5-3-4-6-20(18)17-32-22-10-7-19(15-24(22)29-2)8-12-26(28)27-21-9-11-23-25(16-21)31-14-13-30-23/h3-12,15-16H,13-14,17H2,1-2H3,(H,27,28). The Balaban J connectivity index is 1.39. The Morgan fingerprint density at radius 3 is 2.62 bits per heavy atom. The number of aryl methyl sites for hydroxylation is 1. The van der Waals surface area contributed by atoms with E-state index in [0.717, 1.165) is 11.1 Å². The molecule has 0 spiro atoms. The molecule has 3 aromatic rings. The minimum atomic E-state index is -0.250. The minimum absolute atomic E-state index is 0.250. The lowest BCUT2D eigenvalue weighted by molar-refractivity contribution is -0.111. The lowest BCUT2D eigenvalue weighted by Gasteiger charge is -2.18. The van der Waals surface area contributed by atoms with E-state index in [2.05, 4.69) is 18.3 Å². The monoisotopic (exact) mass is 431 g/mol. The summed E-state index contributed by atoms with van der Waals surface area (Å²) in [5.74, 6) is 2.31. The fraction of sp³-hybridized carbons (Fsp3) is 0.192. The van der Waals surface area contributed by atoms with Crippen LogP contribution < -0.4 is 24.3 Å². The van der Waals surface area contributed by atoms with Crippen LogP contribution in [0.25, 0.3) is 6.08 Å². The van der Waals surface area contributed by atoms with Crippen LogP contribution in [0.4, 0.5) is 5.69 Å². The van der Waals surface area contributed by atoms with Gasteiger partial charge in [0.1, 0.15) is 19.8 Å². The molecule has 0 fully saturated rings. The molecule has 3 aromatic carbocycles. The van der Waals surface area contributed by atoms with E-state index < -0.39 is 0 Å². The summed E-state index contributed by atoms with van der Waals surface area (Å²) in [5, 5.41) is 2.83. The van der Waals surface area contributed by atoms with Crippen molar-refractivity contribution in [2.24, 2.45) is 0 Å². The van der Waals surface area contributed by atoms with E-state index in [0.29, 0.717) is 48.5 Å². The highest BCUT2D eigenvalue weighted by molar-refractivity contribution is 6.02. The summed E-state index contributed by atoms with van der Waals surface area (Å²) >= 11 is 0. The number of hydrogen-bond donors (Lipinski definition) is 1. The quantitative estimate of drug-likeness (QED) is 0.533. The van der Waals surface area contributed by atoms with Gasteiger partial charge >= 0.3 is 0 Å². The van der Waals surface area contributed by atoms with Crippen molar-refractivity contribution in [2.45, 2.75) is 13.5 Å². The number of carbonyl (C=O) groups is 1. The second-order valence-electron chi connectivity index (χ2n) is 7.31. The highest BCUT2D eigenvalue weighted by atomic mass is 16.6. The van der Waals surface area contributed by atoms with E-state index in [-0.39, 0.29) is 5.91 Å². The van der Waals surface area contributed by atoms with Gasteiger partial charge in [-0.2, -0.15) is 0 Å². The van der Waals surface area contributed by atoms with Gasteiger partial charge in [0.15, 0.2) is 23.0 Å². The zero-order chi connectivity index (χ0) is 22.3. The van der Waals surface area contributed by atoms with E-state index in [9.17, 15) is 4.79 Å². The van der Waals surface area contributed by atoms with E-state index in [1.54, 1.807) is 31.4 Å². The van der Waals surface area contributed by atoms with Gasteiger partial charge in [0.25, 0.3) is 0 Å². The van der Waals surface area contributed by atoms with Crippen molar-refractivity contribution >= 4 is 17.7 Å². The molecular weight excluding hydrogens is 406 g/mol. The lowest BCUT2D eigenvalue weighted by Crippen LogP contribution is -2.16. The molecule has 1 amide bonds. The minimum Gasteiger partial charge on any atom is -0.493 e. The van der Waals surface area contributed by atoms with Crippen LogP contribution in [0.5, 0.6) is 23.0 Å². The maximum atomic E-state index is 12.3. The summed E-state index contributed by atoms with van der Waals surface area (Å²) in [5.41, 5.74) is 3.76. The van der Waals surface area contributed by atoms with Crippen LogP contribution >= 0.6 is 0 Å². The van der Waals surface area contributed by atoms with Crippen molar-refractivity contribution < 1.29 is 23.7 Å². The molecule has 6 heteroatoms. The number of benzene rings is 3. The SMILES string of the molecule is COc1cc(C=CC(=O)Nc2ccc3c(c2)OCCO3)ccc1OCc1ccccc1C. The van der Waals surface area contributed by atoms with E-state index in [1.165, 1.54) is 11.6 Å². The van der Waals surface area contributed by atoms with Crippen LogP contribution in [0, 0.1) is 6.92 Å². The molecule has 0 saturated carbocycles. The zero-order valence-electron chi connectivity index (χ0n) is 18.1. The Morgan fingerprint density at radius 1 is 1.00 bits per heavy atom. The second-order valence-corrected chi connectivity index (χ2v) is 7.31. The molecule has 4 rings (SSSR count). The Bertz CT molecular complexity index is 1140. The maximum absolute atomic E-state index is 12.3. The number of fused-ring (bicyclic) bond motifs is 1. The highest BCUT2D eigenvalue weighted by Gasteiger charge is 2.12. The van der Waals surface area contributed by atoms with E-state index in [4.69, 9.17) is 18.9 Å². The van der Waals surface area contributed by atoms with Gasteiger partial charge in [-0.15, -0.1) is 0 Å². The Labute approximate surface area is 187 Å². The molecule has 0 radical (unpaired) electrons. The van der Waals surface area contributed by atoms with Crippen molar-refractivity contribution in [1.82, 2.24) is 0 Å². The molecule has 1 aliphatic rings. The smallest absolute Gasteiger partial charge is 0.248 e. The van der Waals surface area contributed by atoms with Gasteiger partial charge in [0.2, 0.25) is 5.91 Å². The van der Waals surface area contributed by atoms with Gasteiger partial charge in [-0.1, -0.05) is 30.3 Å². The molecule has 32 heavy (non-hydrogen) atoms. The highest BCUT2D eigenvalue weighted by Crippen LogP contribution is 2.33. The summed E-state index contributed by atoms with van der Waals surface area (Å²) in [6.07, 6.45) is 3.19. The number of nitrogens with one attached hydrogen (secondary N) is 1. The van der Waals surface area contributed by atoms with E-state index in [1.807, 2.05) is 36.4 Å². The van der Waals surface area contributed by atoms with Crippen LogP contribution in [0.2, 0.25) is 0 Å². The molecule has 1 N–H and O–H groups in total. The third kappa shape index (κ3) is 5.21. The van der Waals surface area contributed by atoms with Gasteiger partial charge in [0.05, 0.1) is 7.11 Å². The predicted molar refractivity (Wildman–Crippen MR) is 124 cm³/mol. The third-order valence-electron chi connectivity index (χ3n) is 5.07. The molecule has 0 atom stereocenters. The number of methoxy groups -OCH3 is 1. The summed E-state index contributed by atoms with van der Waals surface area (Å²) in [4.78, 5) is 12.3. The molecule has 0 bridgehead atoms. The topological polar surface area (TPSA) is 66.0 Å². The largest absolute Gasteiger partial charge is 0.493 e. The van der Waals surface area contributed by atoms with Crippen LogP contribution in [0.15, 0.2) is 66.7 Å². The molecule has 6 nitrogen and oxygen atoms in total. The van der Waals surface area contributed by atoms with Gasteiger partial charge in [-0.3, -0.25) is 4.79 Å². The van der Waals surface area contributed by atoms with Gasteiger partial charge in [-0.05, 0) is 54.0 Å². The average Bonchev–Trinajstić information content (AvgIpc) is 2.82. The molecule has 1 aliphatic heterocycles. The summed E-state index contributed by atoms with van der Waals surface area (Å²) < 4.78 is 22.5. The molecule has 1 heterocycles. The van der Waals surface area contributed by atoms with Crippen LogP contribution in [-0.2, 0) is 11.4 Å². The van der Waals surface area contributed by atoms with Crippen molar-refractivity contribution in [3.05, 3.63) is 83.4 Å². The average molecular weight is 431 g/mol. The number of hydrogen-bond acceptors (Lipinski definition) is 5. The lowest BCUT2D eigenvalue weighted by atomic mass is 10.1. The Kier molecular flexibility index (Phi) is 6.60. The predicted octanol–water partition coefficient (Wildman–Crippen LogP) is 5.01. The number of anilines is 1. The fourth-order valence-corrected chi connectivity index (χ4v) is 3.31. The Hall–Kier alpha value is -3.93. The van der Waals surface area contributed by atoms with Crippen molar-refractivity contribution in [1.29, 1.82) is 0 Å². The van der Waals surface area contributed by atoms with Gasteiger partial charge in [0, 0.05) is 17.8 Å². The van der Waals surface area contributed by atoms with E-state index >= 15 is 0 Å². The van der Waals surface area contributed by atoms with Crippen molar-refractivity contribution in [3.63, 3.8) is 0 Å². The fourth-order valence-electron chi connectivity index (χ4n) is 3.31. The van der Waals surface area contributed by atoms with Gasteiger partial charge in [-0.25, -0.2) is 0 Å². The first-order valence-electron chi connectivity index (χ1n) is 10.4. The molecule has 0 saturated heterocycles. The summed E-state index contributed by atoms with van der Waals surface area (Å²) in [6.45, 7) is 3.54. The maximum Gasteiger partial charge on any atom is 0.248 e. The summed E-state index contributed by atoms with van der Waals surface area (Å²) in [6, 6.07) is 19.0. The molecule has 164 valence electrons. The third-order valence-corrected chi connectivity index (χ3v) is 5.07. The number of rotatable bonds is 7. The number of carbonyl (C=O) groups excluding carboxylic acids is 1. The first-order valence-corrected chi connectivity index (χ1v) is 10.4. The first kappa shape index (κ1) is 21.3. The molecule has 0 unspecified atom stereocenters. The normalized spacial score (nSPS) is 12.4. The van der Waals surface area contributed by atoms with Gasteiger partial charge < -0.3 is 24.3 Å². The molecule has 0 aliphatic carbocycles.